The average Bonchev–Trinajstić information content (AvgIpc) is 2.60. The first-order chi connectivity index (χ1) is 5.26. The smallest absolute Gasteiger partial charge is 0.0573 e. The summed E-state index contributed by atoms with van der Waals surface area (Å²) < 4.78 is 0. The molecular weight excluding hydrogens is 179 g/mol. The summed E-state index contributed by atoms with van der Waals surface area (Å²) in [6, 6.07) is 0. The lowest BCUT2D eigenvalue weighted by molar-refractivity contribution is 0.406. The van der Waals surface area contributed by atoms with Crippen molar-refractivity contribution in [2.45, 2.75) is 23.6 Å². The van der Waals surface area contributed by atoms with E-state index < -0.39 is 0 Å². The molecule has 0 aromatic carbocycles. The minimum atomic E-state index is 0.203. The Hall–Kier alpha value is 0.320. The van der Waals surface area contributed by atoms with Crippen molar-refractivity contribution >= 4 is 23.2 Å². The average molecular weight is 189 g/mol. The van der Waals surface area contributed by atoms with E-state index in [4.69, 9.17) is 23.2 Å². The fourth-order valence-electron chi connectivity index (χ4n) is 2.90. The van der Waals surface area contributed by atoms with Gasteiger partial charge in [-0.3, -0.25) is 0 Å². The van der Waals surface area contributed by atoms with E-state index in [1.165, 1.54) is 12.8 Å². The maximum Gasteiger partial charge on any atom is 0.0573 e. The monoisotopic (exact) mass is 188 g/mol. The van der Waals surface area contributed by atoms with Crippen molar-refractivity contribution in [3.8, 4) is 0 Å². The molecule has 0 aliphatic heterocycles. The van der Waals surface area contributed by atoms with Gasteiger partial charge in [-0.2, -0.15) is 0 Å². The highest BCUT2D eigenvalue weighted by molar-refractivity contribution is 6.31. The Labute approximate surface area is 76.6 Å². The first kappa shape index (κ1) is 6.80. The van der Waals surface area contributed by atoms with Crippen molar-refractivity contribution in [2.24, 2.45) is 17.3 Å². The highest BCUT2D eigenvalue weighted by Crippen LogP contribution is 2.70. The predicted octanol–water partition coefficient (Wildman–Crippen LogP) is 2.80. The molecule has 2 heteroatoms. The van der Waals surface area contributed by atoms with E-state index >= 15 is 0 Å². The number of alkyl halides is 2. The molecule has 60 valence electrons. The standard InChI is InChI=1S/C9H10Cl2/c10-7-5-1-2-6(8(7)11)9(5)3-4-9/h1-2,5-8H,3-4H2. The van der Waals surface area contributed by atoms with Crippen molar-refractivity contribution in [1.82, 2.24) is 0 Å². The molecule has 0 nitrogen and oxygen atoms in total. The van der Waals surface area contributed by atoms with Gasteiger partial charge in [0.25, 0.3) is 0 Å². The molecule has 0 amide bonds. The molecule has 0 heterocycles. The molecule has 0 aromatic rings. The molecule has 3 rings (SSSR count). The minimum Gasteiger partial charge on any atom is -0.121 e. The van der Waals surface area contributed by atoms with Gasteiger partial charge in [0, 0.05) is 11.8 Å². The summed E-state index contributed by atoms with van der Waals surface area (Å²) in [6.45, 7) is 0. The van der Waals surface area contributed by atoms with Crippen LogP contribution in [-0.2, 0) is 0 Å². The molecule has 4 unspecified atom stereocenters. The quantitative estimate of drug-likeness (QED) is 0.406. The van der Waals surface area contributed by atoms with Gasteiger partial charge in [-0.05, 0) is 18.3 Å². The van der Waals surface area contributed by atoms with E-state index in [1.807, 2.05) is 0 Å². The number of halogens is 2. The summed E-state index contributed by atoms with van der Waals surface area (Å²) >= 11 is 12.4. The van der Waals surface area contributed by atoms with E-state index in [0.29, 0.717) is 17.3 Å². The lowest BCUT2D eigenvalue weighted by atomic mass is 9.93. The molecule has 2 bridgehead atoms. The van der Waals surface area contributed by atoms with Gasteiger partial charge in [0.05, 0.1) is 10.8 Å². The van der Waals surface area contributed by atoms with Gasteiger partial charge in [-0.25, -0.2) is 0 Å². The highest BCUT2D eigenvalue weighted by Gasteiger charge is 2.66. The van der Waals surface area contributed by atoms with E-state index in [2.05, 4.69) is 12.2 Å². The number of hydrogen-bond donors (Lipinski definition) is 0. The van der Waals surface area contributed by atoms with Gasteiger partial charge in [0.1, 0.15) is 0 Å². The van der Waals surface area contributed by atoms with Crippen LogP contribution in [0.2, 0.25) is 0 Å². The molecule has 0 saturated heterocycles. The predicted molar refractivity (Wildman–Crippen MR) is 47.1 cm³/mol. The number of rotatable bonds is 0. The maximum absolute atomic E-state index is 6.20. The second kappa shape index (κ2) is 1.80. The van der Waals surface area contributed by atoms with Crippen LogP contribution >= 0.6 is 23.2 Å². The van der Waals surface area contributed by atoms with Gasteiger partial charge in [0.15, 0.2) is 0 Å². The Morgan fingerprint density at radius 3 is 1.73 bits per heavy atom. The molecule has 0 radical (unpaired) electrons. The zero-order chi connectivity index (χ0) is 7.64. The summed E-state index contributed by atoms with van der Waals surface area (Å²) in [5.74, 6) is 1.19. The molecular formula is C9H10Cl2. The van der Waals surface area contributed by atoms with Crippen LogP contribution in [0.5, 0.6) is 0 Å². The summed E-state index contributed by atoms with van der Waals surface area (Å²) in [7, 11) is 0. The Morgan fingerprint density at radius 1 is 1.00 bits per heavy atom. The van der Waals surface area contributed by atoms with Crippen LogP contribution in [0.4, 0.5) is 0 Å². The summed E-state index contributed by atoms with van der Waals surface area (Å²) in [5, 5.41) is 0.406. The highest BCUT2D eigenvalue weighted by atomic mass is 35.5. The fourth-order valence-corrected chi connectivity index (χ4v) is 3.88. The molecule has 0 N–H and O–H groups in total. The van der Waals surface area contributed by atoms with Crippen LogP contribution in [0.15, 0.2) is 12.2 Å². The van der Waals surface area contributed by atoms with Crippen molar-refractivity contribution in [3.05, 3.63) is 12.2 Å². The molecule has 0 aromatic heterocycles. The zero-order valence-corrected chi connectivity index (χ0v) is 7.65. The third kappa shape index (κ3) is 0.607. The molecule has 3 aliphatic rings. The lowest BCUT2D eigenvalue weighted by Gasteiger charge is -2.14. The molecule has 11 heavy (non-hydrogen) atoms. The van der Waals surface area contributed by atoms with E-state index in [9.17, 15) is 0 Å². The second-order valence-electron chi connectivity index (χ2n) is 4.06. The summed E-state index contributed by atoms with van der Waals surface area (Å²) in [4.78, 5) is 0. The maximum atomic E-state index is 6.20. The third-order valence-electron chi connectivity index (χ3n) is 3.67. The van der Waals surface area contributed by atoms with Crippen molar-refractivity contribution < 1.29 is 0 Å². The van der Waals surface area contributed by atoms with Crippen LogP contribution in [0.1, 0.15) is 12.8 Å². The Bertz CT molecular complexity index is 210. The molecule has 4 atom stereocenters. The van der Waals surface area contributed by atoms with Gasteiger partial charge >= 0.3 is 0 Å². The Balaban J connectivity index is 2.06. The van der Waals surface area contributed by atoms with E-state index in [1.54, 1.807) is 0 Å². The van der Waals surface area contributed by atoms with Crippen molar-refractivity contribution in [2.75, 3.05) is 0 Å². The van der Waals surface area contributed by atoms with Crippen LogP contribution < -0.4 is 0 Å². The lowest BCUT2D eigenvalue weighted by Crippen LogP contribution is -2.19. The molecule has 1 spiro atoms. The largest absolute Gasteiger partial charge is 0.121 e. The van der Waals surface area contributed by atoms with Crippen LogP contribution in [-0.4, -0.2) is 10.8 Å². The first-order valence-corrected chi connectivity index (χ1v) is 5.09. The first-order valence-electron chi connectivity index (χ1n) is 4.22. The topological polar surface area (TPSA) is 0 Å². The minimum absolute atomic E-state index is 0.203. The van der Waals surface area contributed by atoms with E-state index in [0.717, 1.165) is 0 Å². The van der Waals surface area contributed by atoms with Gasteiger partial charge in [-0.15, -0.1) is 23.2 Å². The Kier molecular flexibility index (Phi) is 1.11. The molecule has 2 saturated carbocycles. The van der Waals surface area contributed by atoms with Crippen LogP contribution in [0.25, 0.3) is 0 Å². The second-order valence-corrected chi connectivity index (χ2v) is 5.07. The SMILES string of the molecule is ClC1C(Cl)C2C=CC1C21CC1. The summed E-state index contributed by atoms with van der Waals surface area (Å²) in [6.07, 6.45) is 7.27. The van der Waals surface area contributed by atoms with Crippen molar-refractivity contribution in [1.29, 1.82) is 0 Å². The fraction of sp³-hybridized carbons (Fsp3) is 0.778. The number of hydrogen-bond acceptors (Lipinski definition) is 0. The third-order valence-corrected chi connectivity index (χ3v) is 4.89. The molecule has 3 aliphatic carbocycles. The van der Waals surface area contributed by atoms with E-state index in [-0.39, 0.29) is 10.8 Å². The zero-order valence-electron chi connectivity index (χ0n) is 6.13. The number of allylic oxidation sites excluding steroid dienone is 2. The normalized spacial score (nSPS) is 55.8. The van der Waals surface area contributed by atoms with Gasteiger partial charge in [0.2, 0.25) is 0 Å². The van der Waals surface area contributed by atoms with Gasteiger partial charge in [-0.1, -0.05) is 12.2 Å². The Morgan fingerprint density at radius 2 is 1.45 bits per heavy atom. The van der Waals surface area contributed by atoms with Crippen LogP contribution in [0, 0.1) is 17.3 Å². The van der Waals surface area contributed by atoms with Crippen LogP contribution in [0.3, 0.4) is 0 Å². The van der Waals surface area contributed by atoms with Gasteiger partial charge < -0.3 is 0 Å². The van der Waals surface area contributed by atoms with Crippen molar-refractivity contribution in [3.63, 3.8) is 0 Å². The summed E-state index contributed by atoms with van der Waals surface area (Å²) in [5.41, 5.74) is 0.541. The molecule has 2 fully saturated rings.